The van der Waals surface area contributed by atoms with Gasteiger partial charge in [-0.15, -0.1) is 0 Å². The highest BCUT2D eigenvalue weighted by Crippen LogP contribution is 2.20. The van der Waals surface area contributed by atoms with Crippen LogP contribution in [0, 0.1) is 5.92 Å². The second-order valence-electron chi connectivity index (χ2n) is 6.82. The fourth-order valence-electron chi connectivity index (χ4n) is 3.37. The Morgan fingerprint density at radius 1 is 1.40 bits per heavy atom. The highest BCUT2D eigenvalue weighted by molar-refractivity contribution is 5.89. The molecule has 3 rings (SSSR count). The number of amides is 2. The van der Waals surface area contributed by atoms with Crippen LogP contribution in [0.1, 0.15) is 19.0 Å². The highest BCUT2D eigenvalue weighted by atomic mass is 16.5. The van der Waals surface area contributed by atoms with Crippen molar-refractivity contribution in [2.24, 2.45) is 5.92 Å². The maximum absolute atomic E-state index is 12.5. The summed E-state index contributed by atoms with van der Waals surface area (Å²) in [4.78, 5) is 32.9. The van der Waals surface area contributed by atoms with E-state index in [0.29, 0.717) is 13.1 Å². The van der Waals surface area contributed by atoms with Crippen LogP contribution in [-0.2, 0) is 20.9 Å². The summed E-state index contributed by atoms with van der Waals surface area (Å²) in [5.41, 5.74) is 0.845. The van der Waals surface area contributed by atoms with Crippen molar-refractivity contribution in [3.63, 3.8) is 0 Å². The molecule has 25 heavy (non-hydrogen) atoms. The van der Waals surface area contributed by atoms with Crippen LogP contribution < -0.4 is 5.32 Å². The van der Waals surface area contributed by atoms with E-state index in [-0.39, 0.29) is 30.2 Å². The zero-order valence-corrected chi connectivity index (χ0v) is 14.7. The first-order valence-electron chi connectivity index (χ1n) is 8.90. The van der Waals surface area contributed by atoms with E-state index >= 15 is 0 Å². The first-order chi connectivity index (χ1) is 12.1. The third kappa shape index (κ3) is 4.99. The van der Waals surface area contributed by atoms with E-state index in [1.807, 2.05) is 25.1 Å². The molecular formula is C18H26N4O3. The van der Waals surface area contributed by atoms with E-state index in [2.05, 4.69) is 15.2 Å². The van der Waals surface area contributed by atoms with Crippen molar-refractivity contribution in [3.8, 4) is 0 Å². The van der Waals surface area contributed by atoms with Crippen LogP contribution in [0.5, 0.6) is 0 Å². The summed E-state index contributed by atoms with van der Waals surface area (Å²) < 4.78 is 5.34. The first kappa shape index (κ1) is 17.8. The van der Waals surface area contributed by atoms with Gasteiger partial charge >= 0.3 is 0 Å². The Labute approximate surface area is 148 Å². The largest absolute Gasteiger partial charge is 0.379 e. The Morgan fingerprint density at radius 2 is 2.20 bits per heavy atom. The molecule has 7 nitrogen and oxygen atoms in total. The van der Waals surface area contributed by atoms with Gasteiger partial charge in [-0.25, -0.2) is 0 Å². The lowest BCUT2D eigenvalue weighted by Gasteiger charge is -2.29. The Hall–Kier alpha value is -1.99. The minimum atomic E-state index is -0.275. The molecule has 0 unspecified atom stereocenters. The molecule has 2 amide bonds. The third-order valence-electron chi connectivity index (χ3n) is 4.69. The topological polar surface area (TPSA) is 74.8 Å². The van der Waals surface area contributed by atoms with Gasteiger partial charge in [-0.1, -0.05) is 6.07 Å². The van der Waals surface area contributed by atoms with Gasteiger partial charge in [-0.05, 0) is 19.1 Å². The molecule has 2 aliphatic heterocycles. The van der Waals surface area contributed by atoms with Gasteiger partial charge in [0, 0.05) is 44.8 Å². The van der Waals surface area contributed by atoms with Crippen LogP contribution in [0.25, 0.3) is 0 Å². The number of nitrogens with one attached hydrogen (secondary N) is 1. The summed E-state index contributed by atoms with van der Waals surface area (Å²) in [5.74, 6) is -0.285. The van der Waals surface area contributed by atoms with Crippen LogP contribution in [-0.4, -0.2) is 72.0 Å². The number of likely N-dealkylation sites (tertiary alicyclic amines) is 1. The number of carbonyl (C=O) groups excluding carboxylic acids is 2. The molecule has 0 aliphatic carbocycles. The molecule has 1 aromatic rings. The lowest BCUT2D eigenvalue weighted by atomic mass is 10.1. The second-order valence-corrected chi connectivity index (χ2v) is 6.82. The maximum atomic E-state index is 12.5. The number of rotatable bonds is 6. The number of hydrogen-bond acceptors (Lipinski definition) is 5. The van der Waals surface area contributed by atoms with Gasteiger partial charge in [0.25, 0.3) is 0 Å². The van der Waals surface area contributed by atoms with Gasteiger partial charge in [-0.3, -0.25) is 19.5 Å². The van der Waals surface area contributed by atoms with Crippen LogP contribution in [0.15, 0.2) is 24.4 Å². The summed E-state index contributed by atoms with van der Waals surface area (Å²) in [6.07, 6.45) is 2.00. The number of aromatic nitrogens is 1. The molecule has 2 fully saturated rings. The Morgan fingerprint density at radius 3 is 2.92 bits per heavy atom. The molecule has 0 saturated carbocycles. The molecule has 0 aromatic carbocycles. The summed E-state index contributed by atoms with van der Waals surface area (Å²) in [6.45, 7) is 7.06. The molecule has 0 spiro atoms. The van der Waals surface area contributed by atoms with Crippen LogP contribution in [0.2, 0.25) is 0 Å². The van der Waals surface area contributed by atoms with Crippen molar-refractivity contribution >= 4 is 11.8 Å². The van der Waals surface area contributed by atoms with Crippen LogP contribution >= 0.6 is 0 Å². The van der Waals surface area contributed by atoms with Gasteiger partial charge < -0.3 is 15.0 Å². The van der Waals surface area contributed by atoms with Crippen molar-refractivity contribution < 1.29 is 14.3 Å². The molecule has 2 aliphatic rings. The Kier molecular flexibility index (Phi) is 5.99. The van der Waals surface area contributed by atoms with E-state index in [1.54, 1.807) is 11.1 Å². The van der Waals surface area contributed by atoms with Crippen molar-refractivity contribution in [2.75, 3.05) is 39.4 Å². The monoisotopic (exact) mass is 346 g/mol. The van der Waals surface area contributed by atoms with Gasteiger partial charge in [0.1, 0.15) is 0 Å². The lowest BCUT2D eigenvalue weighted by molar-refractivity contribution is -0.129. The summed E-state index contributed by atoms with van der Waals surface area (Å²) in [7, 11) is 0. The molecule has 7 heteroatoms. The van der Waals surface area contributed by atoms with E-state index in [0.717, 1.165) is 38.5 Å². The number of ether oxygens (including phenoxy) is 1. The minimum absolute atomic E-state index is 0.0200. The highest BCUT2D eigenvalue weighted by Gasteiger charge is 2.34. The lowest BCUT2D eigenvalue weighted by Crippen LogP contribution is -2.47. The number of carbonyl (C=O) groups is 2. The van der Waals surface area contributed by atoms with Gasteiger partial charge in [-0.2, -0.15) is 0 Å². The van der Waals surface area contributed by atoms with Crippen molar-refractivity contribution in [1.29, 1.82) is 0 Å². The predicted molar refractivity (Wildman–Crippen MR) is 92.6 cm³/mol. The van der Waals surface area contributed by atoms with Crippen LogP contribution in [0.4, 0.5) is 0 Å². The van der Waals surface area contributed by atoms with Gasteiger partial charge in [0.2, 0.25) is 11.8 Å². The molecule has 1 aromatic heterocycles. The van der Waals surface area contributed by atoms with E-state index in [9.17, 15) is 9.59 Å². The summed E-state index contributed by atoms with van der Waals surface area (Å²) in [6, 6.07) is 5.71. The second kappa shape index (κ2) is 8.40. The third-order valence-corrected chi connectivity index (χ3v) is 4.69. The normalized spacial score (nSPS) is 22.8. The molecule has 1 N–H and O–H groups in total. The van der Waals surface area contributed by atoms with Crippen molar-refractivity contribution in [3.05, 3.63) is 30.1 Å². The number of nitrogens with zero attached hydrogens (tertiary/aromatic N) is 3. The molecule has 136 valence electrons. The first-order valence-corrected chi connectivity index (χ1v) is 8.90. The molecule has 2 saturated heterocycles. The minimum Gasteiger partial charge on any atom is -0.379 e. The average Bonchev–Trinajstić information content (AvgIpc) is 2.97. The SMILES string of the molecule is C[C@@H](CN1CCOCC1)NC(=O)[C@H]1CC(=O)N(Cc2ccccn2)C1. The fraction of sp³-hybridized carbons (Fsp3) is 0.611. The summed E-state index contributed by atoms with van der Waals surface area (Å²) >= 11 is 0. The van der Waals surface area contributed by atoms with Gasteiger partial charge in [0.05, 0.1) is 31.4 Å². The van der Waals surface area contributed by atoms with E-state index in [1.165, 1.54) is 0 Å². The molecule has 0 radical (unpaired) electrons. The average molecular weight is 346 g/mol. The predicted octanol–water partition coefficient (Wildman–Crippen LogP) is 0.267. The quantitative estimate of drug-likeness (QED) is 0.800. The molecule has 3 heterocycles. The number of morpholine rings is 1. The van der Waals surface area contributed by atoms with Crippen LogP contribution in [0.3, 0.4) is 0 Å². The molecule has 2 atom stereocenters. The van der Waals surface area contributed by atoms with Crippen molar-refractivity contribution in [1.82, 2.24) is 20.1 Å². The number of pyridine rings is 1. The zero-order chi connectivity index (χ0) is 17.6. The number of hydrogen-bond donors (Lipinski definition) is 1. The molecular weight excluding hydrogens is 320 g/mol. The standard InChI is InChI=1S/C18H26N4O3/c1-14(11-21-6-8-25-9-7-21)20-18(24)15-10-17(23)22(12-15)13-16-4-2-3-5-19-16/h2-5,14-15H,6-13H2,1H3,(H,20,24)/t14-,15-/m0/s1. The molecule has 0 bridgehead atoms. The Bertz CT molecular complexity index is 589. The summed E-state index contributed by atoms with van der Waals surface area (Å²) in [5, 5.41) is 3.06. The van der Waals surface area contributed by atoms with Gasteiger partial charge in [0.15, 0.2) is 0 Å². The van der Waals surface area contributed by atoms with E-state index < -0.39 is 0 Å². The zero-order valence-electron chi connectivity index (χ0n) is 14.7. The van der Waals surface area contributed by atoms with Crippen molar-refractivity contribution in [2.45, 2.75) is 25.9 Å². The fourth-order valence-corrected chi connectivity index (χ4v) is 3.37. The maximum Gasteiger partial charge on any atom is 0.225 e. The smallest absolute Gasteiger partial charge is 0.225 e. The van der Waals surface area contributed by atoms with E-state index in [4.69, 9.17) is 4.74 Å². The Balaban J connectivity index is 1.46.